The summed E-state index contributed by atoms with van der Waals surface area (Å²) < 4.78 is 13.6. The molecule has 1 amide bonds. The van der Waals surface area contributed by atoms with Crippen LogP contribution in [-0.4, -0.2) is 22.4 Å². The van der Waals surface area contributed by atoms with Crippen LogP contribution in [0.25, 0.3) is 0 Å². The van der Waals surface area contributed by atoms with Gasteiger partial charge in [-0.15, -0.1) is 0 Å². The molecule has 3 heterocycles. The number of hydrogen-bond donors (Lipinski definition) is 2. The average molecular weight is 313 g/mol. The van der Waals surface area contributed by atoms with Crippen LogP contribution in [0.15, 0.2) is 24.5 Å². The lowest BCUT2D eigenvalue weighted by Gasteiger charge is -2.17. The van der Waals surface area contributed by atoms with Crippen LogP contribution in [0.4, 0.5) is 15.9 Å². The molecule has 6 nitrogen and oxygen atoms in total. The largest absolute Gasteiger partial charge is 0.325 e. The fraction of sp³-hybridized carbons (Fsp3) is 0.312. The molecule has 118 valence electrons. The number of hydrogen-bond acceptors (Lipinski definition) is 5. The van der Waals surface area contributed by atoms with Crippen molar-refractivity contribution in [1.82, 2.24) is 15.4 Å². The number of amides is 1. The van der Waals surface area contributed by atoms with E-state index in [-0.39, 0.29) is 11.7 Å². The van der Waals surface area contributed by atoms with Gasteiger partial charge in [-0.25, -0.2) is 19.8 Å². The van der Waals surface area contributed by atoms with Crippen LogP contribution in [-0.2, 0) is 11.3 Å². The zero-order chi connectivity index (χ0) is 16.0. The Labute approximate surface area is 132 Å². The minimum Gasteiger partial charge on any atom is -0.325 e. The van der Waals surface area contributed by atoms with Crippen LogP contribution in [0.2, 0.25) is 0 Å². The summed E-state index contributed by atoms with van der Waals surface area (Å²) in [4.78, 5) is 21.1. The summed E-state index contributed by atoms with van der Waals surface area (Å²) in [5.41, 5.74) is 6.08. The van der Waals surface area contributed by atoms with Crippen molar-refractivity contribution in [2.45, 2.75) is 25.8 Å². The van der Waals surface area contributed by atoms with Crippen molar-refractivity contribution in [3.8, 4) is 0 Å². The third-order valence-electron chi connectivity index (χ3n) is 4.22. The zero-order valence-corrected chi connectivity index (χ0v) is 12.6. The number of fused-ring (bicyclic) bond motifs is 2. The lowest BCUT2D eigenvalue weighted by atomic mass is 9.94. The Morgan fingerprint density at radius 3 is 3.09 bits per heavy atom. The van der Waals surface area contributed by atoms with E-state index in [0.717, 1.165) is 24.3 Å². The molecule has 7 heteroatoms. The third kappa shape index (κ3) is 2.16. The summed E-state index contributed by atoms with van der Waals surface area (Å²) in [6, 6.07) is 4.33. The van der Waals surface area contributed by atoms with Crippen molar-refractivity contribution < 1.29 is 9.18 Å². The molecule has 2 aliphatic rings. The number of rotatable bonds is 3. The van der Waals surface area contributed by atoms with Crippen molar-refractivity contribution in [3.63, 3.8) is 0 Å². The van der Waals surface area contributed by atoms with Crippen LogP contribution in [0.5, 0.6) is 0 Å². The maximum Gasteiger partial charge on any atom is 0.238 e. The Balaban J connectivity index is 1.81. The molecule has 23 heavy (non-hydrogen) atoms. The number of carbonyl (C=O) groups is 1. The van der Waals surface area contributed by atoms with Gasteiger partial charge in [0, 0.05) is 24.3 Å². The Hall–Kier alpha value is -2.54. The molecular formula is C16H16FN5O. The number of halogens is 1. The zero-order valence-electron chi connectivity index (χ0n) is 12.6. The predicted molar refractivity (Wildman–Crippen MR) is 83.4 cm³/mol. The molecule has 1 aromatic carbocycles. The van der Waals surface area contributed by atoms with Crippen LogP contribution in [0.3, 0.4) is 0 Å². The van der Waals surface area contributed by atoms with Crippen LogP contribution < -0.4 is 15.8 Å². The second-order valence-electron chi connectivity index (χ2n) is 5.70. The number of aromatic nitrogens is 2. The van der Waals surface area contributed by atoms with Gasteiger partial charge in [0.15, 0.2) is 5.82 Å². The lowest BCUT2D eigenvalue weighted by Crippen LogP contribution is -2.32. The Morgan fingerprint density at radius 1 is 1.39 bits per heavy atom. The van der Waals surface area contributed by atoms with Crippen LogP contribution in [0, 0.1) is 5.82 Å². The van der Waals surface area contributed by atoms with Gasteiger partial charge in [0.05, 0.1) is 5.69 Å². The minimum absolute atomic E-state index is 0.180. The maximum absolute atomic E-state index is 13.6. The molecule has 0 saturated heterocycles. The number of carbonyl (C=O) groups excluding carboxylic acids is 1. The molecule has 2 aromatic rings. The van der Waals surface area contributed by atoms with Crippen molar-refractivity contribution in [1.29, 1.82) is 0 Å². The van der Waals surface area contributed by atoms with Gasteiger partial charge in [-0.2, -0.15) is 0 Å². The van der Waals surface area contributed by atoms with E-state index in [2.05, 4.69) is 27.6 Å². The second kappa shape index (κ2) is 5.27. The van der Waals surface area contributed by atoms with Gasteiger partial charge in [0.1, 0.15) is 18.1 Å². The Kier molecular flexibility index (Phi) is 3.23. The Bertz CT molecular complexity index is 794. The first kappa shape index (κ1) is 14.1. The van der Waals surface area contributed by atoms with Crippen molar-refractivity contribution in [2.24, 2.45) is 0 Å². The van der Waals surface area contributed by atoms with E-state index >= 15 is 0 Å². The molecule has 1 unspecified atom stereocenters. The van der Waals surface area contributed by atoms with Crippen molar-refractivity contribution in [3.05, 3.63) is 47.2 Å². The summed E-state index contributed by atoms with van der Waals surface area (Å²) >= 11 is 0. The molecule has 0 bridgehead atoms. The third-order valence-corrected chi connectivity index (χ3v) is 4.22. The first-order valence-corrected chi connectivity index (χ1v) is 7.64. The number of nitrogens with one attached hydrogen (secondary N) is 2. The molecule has 0 saturated carbocycles. The second-order valence-corrected chi connectivity index (χ2v) is 5.70. The normalized spacial score (nSPS) is 18.8. The highest BCUT2D eigenvalue weighted by molar-refractivity contribution is 6.05. The number of benzene rings is 1. The van der Waals surface area contributed by atoms with E-state index in [1.165, 1.54) is 18.5 Å². The van der Waals surface area contributed by atoms with Gasteiger partial charge < -0.3 is 5.32 Å². The molecule has 0 spiro atoms. The fourth-order valence-electron chi connectivity index (χ4n) is 3.23. The molecule has 1 atom stereocenters. The smallest absolute Gasteiger partial charge is 0.238 e. The quantitative estimate of drug-likeness (QED) is 0.906. The van der Waals surface area contributed by atoms with Gasteiger partial charge in [-0.1, -0.05) is 6.92 Å². The number of nitrogens with zero attached hydrogens (tertiary/aromatic N) is 3. The van der Waals surface area contributed by atoms with E-state index in [0.29, 0.717) is 23.5 Å². The van der Waals surface area contributed by atoms with E-state index in [4.69, 9.17) is 0 Å². The lowest BCUT2D eigenvalue weighted by molar-refractivity contribution is -0.116. The fourth-order valence-corrected chi connectivity index (χ4v) is 3.23. The van der Waals surface area contributed by atoms with E-state index in [1.54, 1.807) is 6.07 Å². The molecule has 0 aliphatic carbocycles. The highest BCUT2D eigenvalue weighted by Crippen LogP contribution is 2.40. The van der Waals surface area contributed by atoms with Crippen LogP contribution >= 0.6 is 0 Å². The van der Waals surface area contributed by atoms with Gasteiger partial charge in [-0.05, 0) is 30.2 Å². The van der Waals surface area contributed by atoms with E-state index in [1.807, 2.05) is 5.01 Å². The summed E-state index contributed by atoms with van der Waals surface area (Å²) in [5, 5.41) is 4.77. The topological polar surface area (TPSA) is 70.2 Å². The van der Waals surface area contributed by atoms with Gasteiger partial charge in [0.25, 0.3) is 0 Å². The van der Waals surface area contributed by atoms with Crippen molar-refractivity contribution in [2.75, 3.05) is 16.9 Å². The molecular weight excluding hydrogens is 297 g/mol. The minimum atomic E-state index is -0.596. The predicted octanol–water partition coefficient (Wildman–Crippen LogP) is 1.93. The highest BCUT2D eigenvalue weighted by atomic mass is 19.1. The summed E-state index contributed by atoms with van der Waals surface area (Å²) in [5.74, 6) is -0.336. The van der Waals surface area contributed by atoms with E-state index < -0.39 is 5.92 Å². The average Bonchev–Trinajstić information content (AvgIpc) is 3.08. The standard InChI is InChI=1S/C16H16FN5O/c1-2-5-22-15-11(7-20-22)14(18-8-19-15)13-10-6-9(17)3-4-12(10)21-16(13)23/h3-4,6,8,13,20H,2,5,7H2,1H3,(H,21,23). The number of hydrazine groups is 1. The highest BCUT2D eigenvalue weighted by Gasteiger charge is 2.37. The Morgan fingerprint density at radius 2 is 2.26 bits per heavy atom. The van der Waals surface area contributed by atoms with Gasteiger partial charge in [-0.3, -0.25) is 9.80 Å². The monoisotopic (exact) mass is 313 g/mol. The first-order valence-electron chi connectivity index (χ1n) is 7.64. The molecule has 2 aliphatic heterocycles. The molecule has 2 N–H and O–H groups in total. The molecule has 1 aromatic heterocycles. The summed E-state index contributed by atoms with van der Waals surface area (Å²) in [7, 11) is 0. The summed E-state index contributed by atoms with van der Waals surface area (Å²) in [6.45, 7) is 3.48. The molecule has 4 rings (SSSR count). The molecule has 0 fully saturated rings. The first-order chi connectivity index (χ1) is 11.2. The molecule has 0 radical (unpaired) electrons. The van der Waals surface area contributed by atoms with Gasteiger partial charge >= 0.3 is 0 Å². The van der Waals surface area contributed by atoms with Gasteiger partial charge in [0.2, 0.25) is 5.91 Å². The number of anilines is 2. The van der Waals surface area contributed by atoms with E-state index in [9.17, 15) is 9.18 Å². The summed E-state index contributed by atoms with van der Waals surface area (Å²) in [6.07, 6.45) is 2.44. The van der Waals surface area contributed by atoms with Crippen molar-refractivity contribution >= 4 is 17.4 Å². The SMILES string of the molecule is CCCN1NCc2c(C3C(=O)Nc4ccc(F)cc43)ncnc21. The maximum atomic E-state index is 13.6. The van der Waals surface area contributed by atoms with Crippen LogP contribution in [0.1, 0.15) is 36.1 Å².